The summed E-state index contributed by atoms with van der Waals surface area (Å²) in [6.07, 6.45) is 0. The van der Waals surface area contributed by atoms with Gasteiger partial charge < -0.3 is 5.32 Å². The van der Waals surface area contributed by atoms with Crippen LogP contribution in [0.4, 0.5) is 5.82 Å². The number of pyridine rings is 2. The number of thioether (sulfide) groups is 1. The van der Waals surface area contributed by atoms with Crippen LogP contribution < -0.4 is 5.32 Å². The number of nitrogens with one attached hydrogen (secondary N) is 1. The van der Waals surface area contributed by atoms with Gasteiger partial charge >= 0.3 is 0 Å². The van der Waals surface area contributed by atoms with Crippen LogP contribution in [-0.2, 0) is 4.79 Å². The molecule has 3 rings (SSSR count). The van der Waals surface area contributed by atoms with Gasteiger partial charge in [0.15, 0.2) is 0 Å². The average Bonchev–Trinajstić information content (AvgIpc) is 3.14. The summed E-state index contributed by atoms with van der Waals surface area (Å²) in [6, 6.07) is 13.5. The van der Waals surface area contributed by atoms with Crippen LogP contribution in [0.1, 0.15) is 17.0 Å². The van der Waals surface area contributed by atoms with E-state index in [0.29, 0.717) is 16.4 Å². The van der Waals surface area contributed by atoms with Gasteiger partial charge in [0, 0.05) is 21.8 Å². The molecule has 0 aliphatic rings. The number of aromatic nitrogens is 2. The Morgan fingerprint density at radius 1 is 1.23 bits per heavy atom. The van der Waals surface area contributed by atoms with Crippen LogP contribution in [-0.4, -0.2) is 21.6 Å². The van der Waals surface area contributed by atoms with Crippen LogP contribution in [0.5, 0.6) is 0 Å². The lowest BCUT2D eigenvalue weighted by Gasteiger charge is -2.09. The predicted octanol–water partition coefficient (Wildman–Crippen LogP) is 4.42. The van der Waals surface area contributed by atoms with Crippen molar-refractivity contribution in [1.82, 2.24) is 9.97 Å². The molecule has 0 aliphatic carbocycles. The van der Waals surface area contributed by atoms with Gasteiger partial charge in [-0.05, 0) is 43.5 Å². The van der Waals surface area contributed by atoms with Crippen LogP contribution in [0.15, 0.2) is 46.8 Å². The van der Waals surface area contributed by atoms with Crippen molar-refractivity contribution in [2.24, 2.45) is 0 Å². The van der Waals surface area contributed by atoms with Crippen LogP contribution in [0.3, 0.4) is 0 Å². The summed E-state index contributed by atoms with van der Waals surface area (Å²) >= 11 is 2.83. The van der Waals surface area contributed by atoms with Gasteiger partial charge in [-0.1, -0.05) is 23.9 Å². The van der Waals surface area contributed by atoms with Gasteiger partial charge in [-0.25, -0.2) is 9.97 Å². The lowest BCUT2D eigenvalue weighted by molar-refractivity contribution is -0.113. The van der Waals surface area contributed by atoms with E-state index in [4.69, 9.17) is 0 Å². The van der Waals surface area contributed by atoms with Gasteiger partial charge in [0.2, 0.25) is 5.91 Å². The second kappa shape index (κ2) is 8.13. The van der Waals surface area contributed by atoms with E-state index in [9.17, 15) is 10.1 Å². The van der Waals surface area contributed by atoms with Gasteiger partial charge in [-0.15, -0.1) is 11.3 Å². The maximum Gasteiger partial charge on any atom is 0.235 e. The molecule has 0 bridgehead atoms. The number of rotatable bonds is 5. The molecule has 0 aromatic carbocycles. The molecule has 1 N–H and O–H groups in total. The molecule has 1 amide bonds. The summed E-state index contributed by atoms with van der Waals surface area (Å²) in [7, 11) is 0. The standard InChI is InChI=1S/C19H16N4OS2/c1-12-5-3-7-17(21-12)23-18(24)11-26-19-15(10-20)14(9-13(2)22-19)16-6-4-8-25-16/h3-9H,11H2,1-2H3,(H,21,23,24). The molecule has 0 spiro atoms. The van der Waals surface area contributed by atoms with Crippen LogP contribution >= 0.6 is 23.1 Å². The molecule has 0 fully saturated rings. The van der Waals surface area contributed by atoms with Gasteiger partial charge in [0.05, 0.1) is 11.3 Å². The van der Waals surface area contributed by atoms with E-state index < -0.39 is 0 Å². The molecular formula is C19H16N4OS2. The Morgan fingerprint density at radius 3 is 2.77 bits per heavy atom. The van der Waals surface area contributed by atoms with Crippen LogP contribution in [0.25, 0.3) is 10.4 Å². The van der Waals surface area contributed by atoms with Crippen molar-refractivity contribution in [2.75, 3.05) is 11.1 Å². The predicted molar refractivity (Wildman–Crippen MR) is 105 cm³/mol. The first-order chi connectivity index (χ1) is 12.6. The maximum atomic E-state index is 12.2. The number of nitrogens with zero attached hydrogens (tertiary/aromatic N) is 3. The highest BCUT2D eigenvalue weighted by Gasteiger charge is 2.15. The molecule has 0 atom stereocenters. The summed E-state index contributed by atoms with van der Waals surface area (Å²) in [4.78, 5) is 21.9. The van der Waals surface area contributed by atoms with E-state index in [1.165, 1.54) is 11.8 Å². The Labute approximate surface area is 160 Å². The second-order valence-corrected chi connectivity index (χ2v) is 7.49. The quantitative estimate of drug-likeness (QED) is 0.663. The summed E-state index contributed by atoms with van der Waals surface area (Å²) in [5, 5.41) is 14.9. The Balaban J connectivity index is 1.77. The highest BCUT2D eigenvalue weighted by molar-refractivity contribution is 8.00. The molecule has 3 aromatic heterocycles. The van der Waals surface area contributed by atoms with E-state index in [1.807, 2.05) is 49.6 Å². The zero-order valence-electron chi connectivity index (χ0n) is 14.3. The average molecular weight is 380 g/mol. The fraction of sp³-hybridized carbons (Fsp3) is 0.158. The Kier molecular flexibility index (Phi) is 5.66. The monoisotopic (exact) mass is 380 g/mol. The van der Waals surface area contributed by atoms with Gasteiger partial charge in [0.25, 0.3) is 0 Å². The molecular weight excluding hydrogens is 364 g/mol. The summed E-state index contributed by atoms with van der Waals surface area (Å²) in [5.41, 5.74) is 3.02. The molecule has 3 heterocycles. The molecule has 3 aromatic rings. The Morgan fingerprint density at radius 2 is 2.08 bits per heavy atom. The molecule has 0 radical (unpaired) electrons. The van der Waals surface area contributed by atoms with Crippen LogP contribution in [0.2, 0.25) is 0 Å². The number of hydrogen-bond donors (Lipinski definition) is 1. The van der Waals surface area contributed by atoms with Crippen molar-refractivity contribution in [3.05, 3.63) is 58.7 Å². The smallest absolute Gasteiger partial charge is 0.235 e. The van der Waals surface area contributed by atoms with Crippen LogP contribution in [0, 0.1) is 25.2 Å². The third-order valence-electron chi connectivity index (χ3n) is 3.51. The number of carbonyl (C=O) groups excluding carboxylic acids is 1. The number of anilines is 1. The highest BCUT2D eigenvalue weighted by Crippen LogP contribution is 2.33. The molecule has 0 saturated carbocycles. The number of nitriles is 1. The first-order valence-corrected chi connectivity index (χ1v) is 9.75. The van der Waals surface area contributed by atoms with E-state index >= 15 is 0 Å². The number of thiophene rings is 1. The molecule has 26 heavy (non-hydrogen) atoms. The highest BCUT2D eigenvalue weighted by atomic mass is 32.2. The minimum Gasteiger partial charge on any atom is -0.310 e. The van der Waals surface area contributed by atoms with Gasteiger partial charge in [-0.2, -0.15) is 5.26 Å². The fourth-order valence-corrected chi connectivity index (χ4v) is 4.01. The van der Waals surface area contributed by atoms with Crippen molar-refractivity contribution in [2.45, 2.75) is 18.9 Å². The second-order valence-electron chi connectivity index (χ2n) is 5.58. The molecule has 0 aliphatic heterocycles. The third-order valence-corrected chi connectivity index (χ3v) is 5.39. The first-order valence-electron chi connectivity index (χ1n) is 7.89. The maximum absolute atomic E-state index is 12.2. The fourth-order valence-electron chi connectivity index (χ4n) is 2.41. The Hall–Kier alpha value is -2.69. The summed E-state index contributed by atoms with van der Waals surface area (Å²) in [5.74, 6) is 0.496. The molecule has 7 heteroatoms. The molecule has 5 nitrogen and oxygen atoms in total. The van der Waals surface area contributed by atoms with Crippen molar-refractivity contribution in [1.29, 1.82) is 5.26 Å². The zero-order chi connectivity index (χ0) is 18.5. The zero-order valence-corrected chi connectivity index (χ0v) is 15.9. The Bertz CT molecular complexity index is 978. The lowest BCUT2D eigenvalue weighted by atomic mass is 10.1. The topological polar surface area (TPSA) is 78.7 Å². The van der Waals surface area contributed by atoms with E-state index in [2.05, 4.69) is 21.4 Å². The van der Waals surface area contributed by atoms with Crippen molar-refractivity contribution >= 4 is 34.8 Å². The number of aryl methyl sites for hydroxylation is 2. The van der Waals surface area contributed by atoms with Gasteiger partial charge in [-0.3, -0.25) is 4.79 Å². The third kappa shape index (κ3) is 4.28. The van der Waals surface area contributed by atoms with E-state index in [-0.39, 0.29) is 11.7 Å². The van der Waals surface area contributed by atoms with E-state index in [0.717, 1.165) is 21.8 Å². The van der Waals surface area contributed by atoms with Crippen molar-refractivity contribution < 1.29 is 4.79 Å². The largest absolute Gasteiger partial charge is 0.310 e. The lowest BCUT2D eigenvalue weighted by Crippen LogP contribution is -2.15. The SMILES string of the molecule is Cc1cccc(NC(=O)CSc2nc(C)cc(-c3cccs3)c2C#N)n1. The first kappa shape index (κ1) is 18.1. The normalized spacial score (nSPS) is 10.3. The number of carbonyl (C=O) groups is 1. The van der Waals surface area contributed by atoms with Gasteiger partial charge in [0.1, 0.15) is 16.9 Å². The summed E-state index contributed by atoms with van der Waals surface area (Å²) < 4.78 is 0. The van der Waals surface area contributed by atoms with Crippen molar-refractivity contribution in [3.63, 3.8) is 0 Å². The summed E-state index contributed by atoms with van der Waals surface area (Å²) in [6.45, 7) is 3.76. The van der Waals surface area contributed by atoms with Crippen molar-refractivity contribution in [3.8, 4) is 16.5 Å². The van der Waals surface area contributed by atoms with E-state index in [1.54, 1.807) is 17.4 Å². The molecule has 130 valence electrons. The molecule has 0 saturated heterocycles. The number of hydrogen-bond acceptors (Lipinski definition) is 6. The molecule has 0 unspecified atom stereocenters. The minimum absolute atomic E-state index is 0.157. The minimum atomic E-state index is -0.182. The number of amides is 1.